The van der Waals surface area contributed by atoms with Gasteiger partial charge in [0.05, 0.1) is 6.10 Å². The monoisotopic (exact) mass is 279 g/mol. The number of benzene rings is 1. The van der Waals surface area contributed by atoms with Crippen LogP contribution in [0.15, 0.2) is 24.3 Å². The van der Waals surface area contributed by atoms with E-state index < -0.39 is 0 Å². The van der Waals surface area contributed by atoms with Gasteiger partial charge in [0.2, 0.25) is 0 Å². The molecule has 2 nitrogen and oxygen atoms in total. The van der Waals surface area contributed by atoms with Crippen molar-refractivity contribution in [3.8, 4) is 0 Å². The van der Waals surface area contributed by atoms with Gasteiger partial charge in [-0.2, -0.15) is 0 Å². The summed E-state index contributed by atoms with van der Waals surface area (Å²) in [5.41, 5.74) is 1.42. The molecule has 3 rings (SSSR count). The Morgan fingerprint density at radius 3 is 2.21 bits per heavy atom. The van der Waals surface area contributed by atoms with Gasteiger partial charge in [0.15, 0.2) is 0 Å². The van der Waals surface area contributed by atoms with Gasteiger partial charge < -0.3 is 10.4 Å². The lowest BCUT2D eigenvalue weighted by molar-refractivity contribution is 0.108. The summed E-state index contributed by atoms with van der Waals surface area (Å²) in [7, 11) is 0. The largest absolute Gasteiger partial charge is 0.393 e. The molecule has 104 valence electrons. The SMILES string of the molecule is OC1CCC(NC2CC(c3ccc(Cl)cc3)C2)CC1. The highest BCUT2D eigenvalue weighted by Crippen LogP contribution is 2.38. The normalized spacial score (nSPS) is 34.8. The van der Waals surface area contributed by atoms with E-state index in [4.69, 9.17) is 11.6 Å². The highest BCUT2D eigenvalue weighted by Gasteiger charge is 2.32. The fourth-order valence-electron chi connectivity index (χ4n) is 3.34. The molecule has 19 heavy (non-hydrogen) atoms. The van der Waals surface area contributed by atoms with Crippen LogP contribution >= 0.6 is 11.6 Å². The molecule has 2 fully saturated rings. The smallest absolute Gasteiger partial charge is 0.0541 e. The van der Waals surface area contributed by atoms with Crippen LogP contribution in [0.3, 0.4) is 0 Å². The third-order valence-corrected chi connectivity index (χ3v) is 4.90. The molecule has 2 aliphatic carbocycles. The van der Waals surface area contributed by atoms with Crippen molar-refractivity contribution in [3.63, 3.8) is 0 Å². The molecule has 0 amide bonds. The Labute approximate surface area is 120 Å². The second kappa shape index (κ2) is 5.82. The molecular weight excluding hydrogens is 258 g/mol. The van der Waals surface area contributed by atoms with Crippen LogP contribution in [-0.4, -0.2) is 23.3 Å². The highest BCUT2D eigenvalue weighted by atomic mass is 35.5. The molecule has 0 bridgehead atoms. The average Bonchev–Trinajstić information content (AvgIpc) is 2.37. The molecule has 2 N–H and O–H groups in total. The van der Waals surface area contributed by atoms with Gasteiger partial charge in [-0.25, -0.2) is 0 Å². The molecule has 0 spiro atoms. The van der Waals surface area contributed by atoms with E-state index in [2.05, 4.69) is 17.4 Å². The number of rotatable bonds is 3. The Morgan fingerprint density at radius 2 is 1.58 bits per heavy atom. The Bertz CT molecular complexity index is 405. The fraction of sp³-hybridized carbons (Fsp3) is 0.625. The molecule has 0 radical (unpaired) electrons. The van der Waals surface area contributed by atoms with Gasteiger partial charge in [0.1, 0.15) is 0 Å². The first kappa shape index (κ1) is 13.4. The van der Waals surface area contributed by atoms with E-state index in [0.717, 1.165) is 30.7 Å². The number of nitrogens with one attached hydrogen (secondary N) is 1. The van der Waals surface area contributed by atoms with Crippen molar-refractivity contribution < 1.29 is 5.11 Å². The van der Waals surface area contributed by atoms with Crippen LogP contribution in [-0.2, 0) is 0 Å². The second-order valence-corrected chi connectivity index (χ2v) is 6.53. The van der Waals surface area contributed by atoms with Crippen molar-refractivity contribution in [2.45, 2.75) is 62.6 Å². The molecule has 2 aliphatic rings. The quantitative estimate of drug-likeness (QED) is 0.888. The maximum Gasteiger partial charge on any atom is 0.0541 e. The highest BCUT2D eigenvalue weighted by molar-refractivity contribution is 6.30. The summed E-state index contributed by atoms with van der Waals surface area (Å²) in [5, 5.41) is 14.1. The summed E-state index contributed by atoms with van der Waals surface area (Å²) in [6, 6.07) is 9.57. The maximum atomic E-state index is 9.51. The van der Waals surface area contributed by atoms with Crippen LogP contribution in [0.4, 0.5) is 0 Å². The lowest BCUT2D eigenvalue weighted by atomic mass is 9.75. The predicted molar refractivity (Wildman–Crippen MR) is 78.6 cm³/mol. The van der Waals surface area contributed by atoms with Crippen molar-refractivity contribution in [2.75, 3.05) is 0 Å². The first-order valence-electron chi connectivity index (χ1n) is 7.40. The topological polar surface area (TPSA) is 32.3 Å². The van der Waals surface area contributed by atoms with Crippen molar-refractivity contribution in [1.29, 1.82) is 0 Å². The lowest BCUT2D eigenvalue weighted by Gasteiger charge is -2.40. The summed E-state index contributed by atoms with van der Waals surface area (Å²) in [6.07, 6.45) is 6.60. The summed E-state index contributed by atoms with van der Waals surface area (Å²) in [4.78, 5) is 0. The molecule has 3 heteroatoms. The first-order valence-corrected chi connectivity index (χ1v) is 7.78. The lowest BCUT2D eigenvalue weighted by Crippen LogP contribution is -2.47. The molecule has 1 aromatic rings. The van der Waals surface area contributed by atoms with Crippen LogP contribution in [0.1, 0.15) is 50.0 Å². The minimum Gasteiger partial charge on any atom is -0.393 e. The second-order valence-electron chi connectivity index (χ2n) is 6.09. The third kappa shape index (κ3) is 3.31. The van der Waals surface area contributed by atoms with E-state index in [0.29, 0.717) is 18.0 Å². The average molecular weight is 280 g/mol. The molecule has 0 heterocycles. The zero-order chi connectivity index (χ0) is 13.2. The van der Waals surface area contributed by atoms with Crippen LogP contribution in [0.2, 0.25) is 5.02 Å². The van der Waals surface area contributed by atoms with E-state index in [1.807, 2.05) is 12.1 Å². The van der Waals surface area contributed by atoms with E-state index >= 15 is 0 Å². The van der Waals surface area contributed by atoms with E-state index in [-0.39, 0.29) is 6.10 Å². The van der Waals surface area contributed by atoms with Gasteiger partial charge in [0.25, 0.3) is 0 Å². The van der Waals surface area contributed by atoms with Gasteiger partial charge in [-0.15, -0.1) is 0 Å². The standard InChI is InChI=1S/C16H22ClNO/c17-13-3-1-11(2-4-13)12-9-15(10-12)18-14-5-7-16(19)8-6-14/h1-4,12,14-16,18-19H,5-10H2. The maximum absolute atomic E-state index is 9.51. The number of hydrogen-bond donors (Lipinski definition) is 2. The summed E-state index contributed by atoms with van der Waals surface area (Å²) in [6.45, 7) is 0. The van der Waals surface area contributed by atoms with Crippen molar-refractivity contribution in [2.24, 2.45) is 0 Å². The van der Waals surface area contributed by atoms with Gasteiger partial charge >= 0.3 is 0 Å². The molecule has 0 unspecified atom stereocenters. The number of aliphatic hydroxyl groups excluding tert-OH is 1. The molecule has 0 aromatic heterocycles. The summed E-state index contributed by atoms with van der Waals surface area (Å²) >= 11 is 5.91. The first-order chi connectivity index (χ1) is 9.20. The molecule has 0 atom stereocenters. The summed E-state index contributed by atoms with van der Waals surface area (Å²) < 4.78 is 0. The Morgan fingerprint density at radius 1 is 0.947 bits per heavy atom. The molecule has 0 aliphatic heterocycles. The van der Waals surface area contributed by atoms with Gasteiger partial charge in [0, 0.05) is 17.1 Å². The molecule has 0 saturated heterocycles. The predicted octanol–water partition coefficient (Wildman–Crippen LogP) is 3.48. The van der Waals surface area contributed by atoms with Crippen molar-refractivity contribution >= 4 is 11.6 Å². The van der Waals surface area contributed by atoms with Crippen molar-refractivity contribution in [3.05, 3.63) is 34.9 Å². The Balaban J connectivity index is 1.44. The minimum absolute atomic E-state index is 0.0544. The van der Waals surface area contributed by atoms with Crippen molar-refractivity contribution in [1.82, 2.24) is 5.32 Å². The van der Waals surface area contributed by atoms with Gasteiger partial charge in [-0.1, -0.05) is 23.7 Å². The minimum atomic E-state index is -0.0544. The summed E-state index contributed by atoms with van der Waals surface area (Å²) in [5.74, 6) is 0.698. The number of hydrogen-bond acceptors (Lipinski definition) is 2. The number of aliphatic hydroxyl groups is 1. The van der Waals surface area contributed by atoms with E-state index in [1.165, 1.54) is 18.4 Å². The van der Waals surface area contributed by atoms with Crippen LogP contribution in [0, 0.1) is 0 Å². The Hall–Kier alpha value is -0.570. The van der Waals surface area contributed by atoms with Crippen LogP contribution < -0.4 is 5.32 Å². The third-order valence-electron chi connectivity index (χ3n) is 4.65. The van der Waals surface area contributed by atoms with Crippen LogP contribution in [0.25, 0.3) is 0 Å². The zero-order valence-electron chi connectivity index (χ0n) is 11.2. The van der Waals surface area contributed by atoms with E-state index in [1.54, 1.807) is 0 Å². The molecule has 2 saturated carbocycles. The number of halogens is 1. The Kier molecular flexibility index (Phi) is 4.11. The van der Waals surface area contributed by atoms with Crippen LogP contribution in [0.5, 0.6) is 0 Å². The van der Waals surface area contributed by atoms with Gasteiger partial charge in [-0.05, 0) is 62.1 Å². The molecular formula is C16H22ClNO. The zero-order valence-corrected chi connectivity index (χ0v) is 11.9. The molecule has 1 aromatic carbocycles. The van der Waals surface area contributed by atoms with Gasteiger partial charge in [-0.3, -0.25) is 0 Å². The van der Waals surface area contributed by atoms with E-state index in [9.17, 15) is 5.11 Å². The fourth-order valence-corrected chi connectivity index (χ4v) is 3.46.